The maximum Gasteiger partial charge on any atom is 0.237 e. The van der Waals surface area contributed by atoms with E-state index in [-0.39, 0.29) is 11.9 Å². The molecule has 0 spiro atoms. The molecule has 0 bridgehead atoms. The third kappa shape index (κ3) is 3.02. The number of carbonyl (C=O) groups excluding carboxylic acids is 1. The Morgan fingerprint density at radius 2 is 2.56 bits per heavy atom. The van der Waals surface area contributed by atoms with E-state index in [2.05, 4.69) is 15.6 Å². The minimum absolute atomic E-state index is 0.00603. The first kappa shape index (κ1) is 11.5. The summed E-state index contributed by atoms with van der Waals surface area (Å²) in [6, 6.07) is -0.00603. The van der Waals surface area contributed by atoms with Crippen LogP contribution in [0.3, 0.4) is 0 Å². The summed E-state index contributed by atoms with van der Waals surface area (Å²) in [5, 5.41) is 9.19. The van der Waals surface area contributed by atoms with Gasteiger partial charge in [-0.2, -0.15) is 0 Å². The zero-order valence-electron chi connectivity index (χ0n) is 9.45. The number of carbonyl (C=O) groups is 1. The van der Waals surface area contributed by atoms with Gasteiger partial charge in [0, 0.05) is 5.38 Å². The Bertz CT molecular complexity index is 358. The number of hydrogen-bond acceptors (Lipinski definition) is 4. The summed E-state index contributed by atoms with van der Waals surface area (Å²) in [4.78, 5) is 16.1. The molecule has 1 aliphatic heterocycles. The fraction of sp³-hybridized carbons (Fsp3) is 0.636. The van der Waals surface area contributed by atoms with Crippen LogP contribution in [0.1, 0.15) is 30.0 Å². The van der Waals surface area contributed by atoms with Gasteiger partial charge < -0.3 is 10.6 Å². The number of hydrogen-bond donors (Lipinski definition) is 2. The van der Waals surface area contributed by atoms with Crippen LogP contribution in [-0.2, 0) is 11.3 Å². The summed E-state index contributed by atoms with van der Waals surface area (Å²) < 4.78 is 0. The van der Waals surface area contributed by atoms with Crippen molar-refractivity contribution in [1.29, 1.82) is 0 Å². The SMILES string of the molecule is Cc1nc(CNC(=O)[C@H]2CCCCN2)cs1. The average Bonchev–Trinajstić information content (AvgIpc) is 2.73. The minimum atomic E-state index is -0.00603. The Hall–Kier alpha value is -0.940. The van der Waals surface area contributed by atoms with Crippen LogP contribution >= 0.6 is 11.3 Å². The summed E-state index contributed by atoms with van der Waals surface area (Å²) >= 11 is 1.61. The molecule has 1 amide bonds. The van der Waals surface area contributed by atoms with Crippen molar-refractivity contribution < 1.29 is 4.79 Å². The van der Waals surface area contributed by atoms with Gasteiger partial charge in [0.1, 0.15) is 0 Å². The number of rotatable bonds is 3. The summed E-state index contributed by atoms with van der Waals surface area (Å²) in [5.74, 6) is 0.102. The molecule has 16 heavy (non-hydrogen) atoms. The van der Waals surface area contributed by atoms with E-state index in [1.165, 1.54) is 6.42 Å². The molecule has 2 rings (SSSR count). The number of piperidine rings is 1. The molecule has 4 nitrogen and oxygen atoms in total. The van der Waals surface area contributed by atoms with Crippen LogP contribution in [0.4, 0.5) is 0 Å². The fourth-order valence-electron chi connectivity index (χ4n) is 1.87. The van der Waals surface area contributed by atoms with Crippen molar-refractivity contribution in [1.82, 2.24) is 15.6 Å². The van der Waals surface area contributed by atoms with E-state index in [0.29, 0.717) is 6.54 Å². The Morgan fingerprint density at radius 3 is 3.19 bits per heavy atom. The van der Waals surface area contributed by atoms with Gasteiger partial charge in [-0.3, -0.25) is 4.79 Å². The maximum atomic E-state index is 11.8. The second-order valence-electron chi connectivity index (χ2n) is 4.08. The van der Waals surface area contributed by atoms with E-state index in [9.17, 15) is 4.79 Å². The van der Waals surface area contributed by atoms with E-state index in [1.54, 1.807) is 11.3 Å². The molecular formula is C11H17N3OS. The normalized spacial score (nSPS) is 20.7. The van der Waals surface area contributed by atoms with Crippen molar-refractivity contribution >= 4 is 17.2 Å². The molecular weight excluding hydrogens is 222 g/mol. The highest BCUT2D eigenvalue weighted by molar-refractivity contribution is 7.09. The van der Waals surface area contributed by atoms with Gasteiger partial charge in [-0.25, -0.2) is 4.98 Å². The van der Waals surface area contributed by atoms with Crippen molar-refractivity contribution in [2.75, 3.05) is 6.54 Å². The first-order chi connectivity index (χ1) is 7.75. The second kappa shape index (κ2) is 5.41. The third-order valence-corrected chi connectivity index (χ3v) is 3.56. The summed E-state index contributed by atoms with van der Waals surface area (Å²) in [7, 11) is 0. The van der Waals surface area contributed by atoms with Gasteiger partial charge in [-0.05, 0) is 26.3 Å². The van der Waals surface area contributed by atoms with Crippen molar-refractivity contribution in [2.45, 2.75) is 38.8 Å². The predicted octanol–water partition coefficient (Wildman–Crippen LogP) is 1.21. The lowest BCUT2D eigenvalue weighted by atomic mass is 10.0. The number of aromatic nitrogens is 1. The number of aryl methyl sites for hydroxylation is 1. The van der Waals surface area contributed by atoms with Crippen LogP contribution in [0.2, 0.25) is 0 Å². The molecule has 1 aromatic rings. The lowest BCUT2D eigenvalue weighted by molar-refractivity contribution is -0.123. The largest absolute Gasteiger partial charge is 0.349 e. The van der Waals surface area contributed by atoms with Crippen molar-refractivity contribution in [2.24, 2.45) is 0 Å². The van der Waals surface area contributed by atoms with Gasteiger partial charge in [-0.15, -0.1) is 11.3 Å². The average molecular weight is 239 g/mol. The van der Waals surface area contributed by atoms with E-state index in [0.717, 1.165) is 30.1 Å². The standard InChI is InChI=1S/C11H17N3OS/c1-8-14-9(7-16-8)6-13-11(15)10-4-2-3-5-12-10/h7,10,12H,2-6H2,1H3,(H,13,15)/t10-/m1/s1. The molecule has 1 saturated heterocycles. The quantitative estimate of drug-likeness (QED) is 0.833. The number of thiazole rings is 1. The number of nitrogens with one attached hydrogen (secondary N) is 2. The van der Waals surface area contributed by atoms with Crippen molar-refractivity contribution in [3.05, 3.63) is 16.1 Å². The minimum Gasteiger partial charge on any atom is -0.349 e. The van der Waals surface area contributed by atoms with Crippen LogP contribution in [0.5, 0.6) is 0 Å². The van der Waals surface area contributed by atoms with Crippen LogP contribution < -0.4 is 10.6 Å². The lowest BCUT2D eigenvalue weighted by Gasteiger charge is -2.22. The highest BCUT2D eigenvalue weighted by Crippen LogP contribution is 2.09. The second-order valence-corrected chi connectivity index (χ2v) is 5.14. The Balaban J connectivity index is 1.78. The number of nitrogens with zero attached hydrogens (tertiary/aromatic N) is 1. The third-order valence-electron chi connectivity index (χ3n) is 2.74. The van der Waals surface area contributed by atoms with Crippen molar-refractivity contribution in [3.8, 4) is 0 Å². The van der Waals surface area contributed by atoms with Gasteiger partial charge in [0.2, 0.25) is 5.91 Å². The van der Waals surface area contributed by atoms with E-state index in [1.807, 2.05) is 12.3 Å². The van der Waals surface area contributed by atoms with Crippen LogP contribution in [0, 0.1) is 6.92 Å². The number of amides is 1. The smallest absolute Gasteiger partial charge is 0.237 e. The molecule has 0 saturated carbocycles. The molecule has 1 aliphatic rings. The highest BCUT2D eigenvalue weighted by atomic mass is 32.1. The molecule has 0 radical (unpaired) electrons. The summed E-state index contributed by atoms with van der Waals surface area (Å²) in [6.07, 6.45) is 3.26. The van der Waals surface area contributed by atoms with Crippen molar-refractivity contribution in [3.63, 3.8) is 0 Å². The molecule has 0 unspecified atom stereocenters. The van der Waals surface area contributed by atoms with Gasteiger partial charge in [0.15, 0.2) is 0 Å². The lowest BCUT2D eigenvalue weighted by Crippen LogP contribution is -2.46. The molecule has 2 N–H and O–H groups in total. The van der Waals surface area contributed by atoms with Crippen LogP contribution in [0.15, 0.2) is 5.38 Å². The van der Waals surface area contributed by atoms with E-state index in [4.69, 9.17) is 0 Å². The molecule has 1 aromatic heterocycles. The molecule has 5 heteroatoms. The Kier molecular flexibility index (Phi) is 3.90. The first-order valence-electron chi connectivity index (χ1n) is 5.68. The first-order valence-corrected chi connectivity index (χ1v) is 6.56. The van der Waals surface area contributed by atoms with E-state index >= 15 is 0 Å². The maximum absolute atomic E-state index is 11.8. The van der Waals surface area contributed by atoms with Gasteiger partial charge >= 0.3 is 0 Å². The topological polar surface area (TPSA) is 54.0 Å². The van der Waals surface area contributed by atoms with Gasteiger partial charge in [-0.1, -0.05) is 6.42 Å². The Morgan fingerprint density at radius 1 is 1.69 bits per heavy atom. The van der Waals surface area contributed by atoms with Crippen LogP contribution in [0.25, 0.3) is 0 Å². The molecule has 1 atom stereocenters. The molecule has 1 fully saturated rings. The van der Waals surface area contributed by atoms with Gasteiger partial charge in [0.25, 0.3) is 0 Å². The summed E-state index contributed by atoms with van der Waals surface area (Å²) in [5.41, 5.74) is 0.951. The molecule has 2 heterocycles. The summed E-state index contributed by atoms with van der Waals surface area (Å²) in [6.45, 7) is 3.47. The highest BCUT2D eigenvalue weighted by Gasteiger charge is 2.19. The predicted molar refractivity (Wildman–Crippen MR) is 64.3 cm³/mol. The van der Waals surface area contributed by atoms with Crippen LogP contribution in [-0.4, -0.2) is 23.5 Å². The monoisotopic (exact) mass is 239 g/mol. The fourth-order valence-corrected chi connectivity index (χ4v) is 2.48. The zero-order valence-corrected chi connectivity index (χ0v) is 10.3. The van der Waals surface area contributed by atoms with Gasteiger partial charge in [0.05, 0.1) is 23.3 Å². The van der Waals surface area contributed by atoms with E-state index < -0.39 is 0 Å². The zero-order chi connectivity index (χ0) is 11.4. The molecule has 0 aliphatic carbocycles. The molecule has 0 aromatic carbocycles. The molecule has 88 valence electrons. The Labute approximate surface area is 99.5 Å².